The first kappa shape index (κ1) is 22.2. The number of nitrogens with one attached hydrogen (secondary N) is 1. The lowest BCUT2D eigenvalue weighted by atomic mass is 9.85. The van der Waals surface area contributed by atoms with Crippen LogP contribution in [0.5, 0.6) is 0 Å². The third-order valence-corrected chi connectivity index (χ3v) is 3.87. The van der Waals surface area contributed by atoms with E-state index in [-0.39, 0.29) is 24.5 Å². The fourth-order valence-corrected chi connectivity index (χ4v) is 2.76. The first-order valence-corrected chi connectivity index (χ1v) is 9.22. The molecule has 0 bridgehead atoms. The Morgan fingerprint density at radius 3 is 2.15 bits per heavy atom. The fourth-order valence-electron chi connectivity index (χ4n) is 2.76. The van der Waals surface area contributed by atoms with Gasteiger partial charge in [-0.25, -0.2) is 0 Å². The highest BCUT2D eigenvalue weighted by Gasteiger charge is 2.37. The molecule has 0 saturated heterocycles. The first-order chi connectivity index (χ1) is 12.1. The van der Waals surface area contributed by atoms with Crippen LogP contribution in [-0.2, 0) is 25.7 Å². The summed E-state index contributed by atoms with van der Waals surface area (Å²) in [7, 11) is 1.76. The molecule has 5 heteroatoms. The topological polar surface area (TPSA) is 64.6 Å². The van der Waals surface area contributed by atoms with Gasteiger partial charge in [0.15, 0.2) is 0 Å². The second-order valence-electron chi connectivity index (χ2n) is 8.03. The Kier molecular flexibility index (Phi) is 8.79. The van der Waals surface area contributed by atoms with Gasteiger partial charge in [0.2, 0.25) is 0 Å². The molecule has 0 aliphatic heterocycles. The van der Waals surface area contributed by atoms with Crippen LogP contribution in [0.25, 0.3) is 0 Å². The average Bonchev–Trinajstić information content (AvgIpc) is 2.55. The first-order valence-electron chi connectivity index (χ1n) is 9.22. The quantitative estimate of drug-likeness (QED) is 0.680. The molecule has 1 aromatic rings. The van der Waals surface area contributed by atoms with Crippen LogP contribution >= 0.6 is 0 Å². The maximum Gasteiger partial charge on any atom is 0.311 e. The zero-order chi connectivity index (χ0) is 19.7. The molecular formula is C21H33NO4. The summed E-state index contributed by atoms with van der Waals surface area (Å²) in [6.07, 6.45) is 0.571. The highest BCUT2D eigenvalue weighted by Crippen LogP contribution is 2.26. The summed E-state index contributed by atoms with van der Waals surface area (Å²) < 4.78 is 11.1. The smallest absolute Gasteiger partial charge is 0.311 e. The molecule has 26 heavy (non-hydrogen) atoms. The van der Waals surface area contributed by atoms with E-state index in [4.69, 9.17) is 9.47 Å². The zero-order valence-electron chi connectivity index (χ0n) is 16.9. The van der Waals surface area contributed by atoms with Crippen LogP contribution in [0.1, 0.15) is 46.6 Å². The molecule has 0 spiro atoms. The van der Waals surface area contributed by atoms with Crippen LogP contribution in [0.15, 0.2) is 30.3 Å². The fraction of sp³-hybridized carbons (Fsp3) is 0.619. The van der Waals surface area contributed by atoms with Gasteiger partial charge < -0.3 is 14.8 Å². The van der Waals surface area contributed by atoms with E-state index < -0.39 is 17.4 Å². The number of hydrogen-bond acceptors (Lipinski definition) is 5. The van der Waals surface area contributed by atoms with E-state index in [0.29, 0.717) is 13.0 Å². The standard InChI is InChI=1S/C21H33NO4/c1-15(2)12-17(20(24)26-21(3,4)5)18(13-22-6)19(23)25-14-16-10-8-7-9-11-16/h7-11,15,17-18,22H,12-14H2,1-6H3. The van der Waals surface area contributed by atoms with Crippen LogP contribution in [0.4, 0.5) is 0 Å². The van der Waals surface area contributed by atoms with Crippen molar-refractivity contribution < 1.29 is 19.1 Å². The van der Waals surface area contributed by atoms with Crippen molar-refractivity contribution in [2.24, 2.45) is 17.8 Å². The van der Waals surface area contributed by atoms with Crippen molar-refractivity contribution in [1.82, 2.24) is 5.32 Å². The molecule has 1 aromatic carbocycles. The van der Waals surface area contributed by atoms with Gasteiger partial charge in [-0.2, -0.15) is 0 Å². The molecule has 0 aliphatic carbocycles. The van der Waals surface area contributed by atoms with Crippen LogP contribution in [-0.4, -0.2) is 31.1 Å². The predicted molar refractivity (Wildman–Crippen MR) is 102 cm³/mol. The number of esters is 2. The monoisotopic (exact) mass is 363 g/mol. The third kappa shape index (κ3) is 8.00. The minimum atomic E-state index is -0.593. The van der Waals surface area contributed by atoms with E-state index in [1.807, 2.05) is 65.0 Å². The lowest BCUT2D eigenvalue weighted by Gasteiger charge is -2.29. The summed E-state index contributed by atoms with van der Waals surface area (Å²) in [5.74, 6) is -1.58. The number of rotatable bonds is 9. The SMILES string of the molecule is CNCC(C(=O)OCc1ccccc1)C(CC(C)C)C(=O)OC(C)(C)C. The zero-order valence-corrected chi connectivity index (χ0v) is 16.9. The van der Waals surface area contributed by atoms with Gasteiger partial charge in [0.1, 0.15) is 12.2 Å². The Bertz CT molecular complexity index is 563. The summed E-state index contributed by atoms with van der Waals surface area (Å²) in [5.41, 5.74) is 0.325. The molecule has 0 amide bonds. The van der Waals surface area contributed by atoms with Crippen molar-refractivity contribution >= 4 is 11.9 Å². The molecule has 0 fully saturated rings. The van der Waals surface area contributed by atoms with E-state index >= 15 is 0 Å². The Hall–Kier alpha value is -1.88. The molecule has 1 rings (SSSR count). The van der Waals surface area contributed by atoms with Crippen molar-refractivity contribution in [2.45, 2.75) is 53.2 Å². The van der Waals surface area contributed by atoms with E-state index in [1.165, 1.54) is 0 Å². The molecule has 5 nitrogen and oxygen atoms in total. The van der Waals surface area contributed by atoms with Crippen molar-refractivity contribution in [3.05, 3.63) is 35.9 Å². The number of carbonyl (C=O) groups excluding carboxylic acids is 2. The molecule has 0 heterocycles. The largest absolute Gasteiger partial charge is 0.461 e. The number of hydrogen-bond donors (Lipinski definition) is 1. The minimum absolute atomic E-state index is 0.197. The second kappa shape index (κ2) is 10.3. The molecule has 1 N–H and O–H groups in total. The summed E-state index contributed by atoms with van der Waals surface area (Å²) in [6, 6.07) is 9.52. The van der Waals surface area contributed by atoms with Gasteiger partial charge in [-0.15, -0.1) is 0 Å². The number of carbonyl (C=O) groups is 2. The third-order valence-electron chi connectivity index (χ3n) is 3.87. The molecule has 2 atom stereocenters. The van der Waals surface area contributed by atoms with Crippen LogP contribution in [0, 0.1) is 17.8 Å². The Labute approximate surface area is 157 Å². The van der Waals surface area contributed by atoms with Gasteiger partial charge in [-0.1, -0.05) is 44.2 Å². The van der Waals surface area contributed by atoms with Crippen molar-refractivity contribution in [3.8, 4) is 0 Å². The summed E-state index contributed by atoms with van der Waals surface area (Å²) in [4.78, 5) is 25.5. The van der Waals surface area contributed by atoms with Crippen LogP contribution < -0.4 is 5.32 Å². The van der Waals surface area contributed by atoms with E-state index in [2.05, 4.69) is 5.32 Å². The maximum absolute atomic E-state index is 12.7. The Balaban J connectivity index is 2.90. The summed E-state index contributed by atoms with van der Waals surface area (Å²) in [5, 5.41) is 3.01. The van der Waals surface area contributed by atoms with Gasteiger partial charge in [0.25, 0.3) is 0 Å². The lowest BCUT2D eigenvalue weighted by molar-refractivity contribution is -0.169. The molecule has 0 radical (unpaired) electrons. The van der Waals surface area contributed by atoms with Gasteiger partial charge >= 0.3 is 11.9 Å². The van der Waals surface area contributed by atoms with Crippen molar-refractivity contribution in [1.29, 1.82) is 0 Å². The van der Waals surface area contributed by atoms with E-state index in [9.17, 15) is 9.59 Å². The van der Waals surface area contributed by atoms with Gasteiger partial charge in [0.05, 0.1) is 11.8 Å². The molecule has 0 aliphatic rings. The van der Waals surface area contributed by atoms with Crippen molar-refractivity contribution in [3.63, 3.8) is 0 Å². The highest BCUT2D eigenvalue weighted by molar-refractivity contribution is 5.82. The molecule has 0 aromatic heterocycles. The molecule has 0 saturated carbocycles. The Morgan fingerprint density at radius 2 is 1.65 bits per heavy atom. The maximum atomic E-state index is 12.7. The second-order valence-corrected chi connectivity index (χ2v) is 8.03. The Morgan fingerprint density at radius 1 is 1.04 bits per heavy atom. The predicted octanol–water partition coefficient (Wildman–Crippen LogP) is 3.57. The normalized spacial score (nSPS) is 14.0. The lowest BCUT2D eigenvalue weighted by Crippen LogP contribution is -2.41. The van der Waals surface area contributed by atoms with Crippen LogP contribution in [0.2, 0.25) is 0 Å². The van der Waals surface area contributed by atoms with Crippen molar-refractivity contribution in [2.75, 3.05) is 13.6 Å². The molecule has 146 valence electrons. The molecule has 2 unspecified atom stereocenters. The molecular weight excluding hydrogens is 330 g/mol. The average molecular weight is 363 g/mol. The van der Waals surface area contributed by atoms with Crippen LogP contribution in [0.3, 0.4) is 0 Å². The summed E-state index contributed by atoms with van der Waals surface area (Å²) >= 11 is 0. The summed E-state index contributed by atoms with van der Waals surface area (Å²) in [6.45, 7) is 10.1. The van der Waals surface area contributed by atoms with E-state index in [1.54, 1.807) is 7.05 Å². The minimum Gasteiger partial charge on any atom is -0.461 e. The highest BCUT2D eigenvalue weighted by atomic mass is 16.6. The number of ether oxygens (including phenoxy) is 2. The van der Waals surface area contributed by atoms with Gasteiger partial charge in [0, 0.05) is 6.54 Å². The van der Waals surface area contributed by atoms with E-state index in [0.717, 1.165) is 5.56 Å². The number of benzene rings is 1. The van der Waals surface area contributed by atoms with Gasteiger partial charge in [-0.05, 0) is 45.7 Å². The van der Waals surface area contributed by atoms with Gasteiger partial charge in [-0.3, -0.25) is 9.59 Å².